The van der Waals surface area contributed by atoms with Gasteiger partial charge in [0, 0.05) is 36.2 Å². The summed E-state index contributed by atoms with van der Waals surface area (Å²) in [7, 11) is 0. The first-order valence-electron chi connectivity index (χ1n) is 10.0. The number of fused-ring (bicyclic) bond motifs is 2. The Kier molecular flexibility index (Phi) is 6.26. The first-order chi connectivity index (χ1) is 14.0. The van der Waals surface area contributed by atoms with E-state index in [1.807, 2.05) is 35.2 Å². The van der Waals surface area contributed by atoms with Crippen LogP contribution in [0.2, 0.25) is 10.0 Å². The predicted octanol–water partition coefficient (Wildman–Crippen LogP) is 3.70. The van der Waals surface area contributed by atoms with Crippen LogP contribution >= 0.6 is 23.2 Å². The number of rotatable bonds is 6. The third-order valence-corrected chi connectivity index (χ3v) is 6.23. The molecule has 0 fully saturated rings. The minimum Gasteiger partial charge on any atom is -0.337 e. The van der Waals surface area contributed by atoms with Gasteiger partial charge in [-0.05, 0) is 71.4 Å². The van der Waals surface area contributed by atoms with Crippen molar-refractivity contribution in [2.45, 2.75) is 25.3 Å². The molecule has 6 heteroatoms. The molecule has 0 bridgehead atoms. The lowest BCUT2D eigenvalue weighted by Gasteiger charge is -2.32. The average molecular weight is 430 g/mol. The van der Waals surface area contributed by atoms with Crippen LogP contribution in [0.1, 0.15) is 23.1 Å². The number of nitrogens with one attached hydrogen (secondary N) is 1. The number of benzene rings is 2. The van der Waals surface area contributed by atoms with Gasteiger partial charge in [-0.15, -0.1) is 0 Å². The van der Waals surface area contributed by atoms with Crippen molar-refractivity contribution >= 4 is 34.7 Å². The van der Waals surface area contributed by atoms with Crippen LogP contribution in [0.3, 0.4) is 0 Å². The quantitative estimate of drug-likeness (QED) is 0.735. The summed E-state index contributed by atoms with van der Waals surface area (Å²) in [5.41, 5.74) is 12.0. The van der Waals surface area contributed by atoms with Crippen LogP contribution < -0.4 is 11.1 Å². The number of nitrogens with zero attached hydrogens (tertiary/aromatic N) is 1. The van der Waals surface area contributed by atoms with Crippen LogP contribution in [-0.2, 0) is 17.6 Å². The fourth-order valence-electron chi connectivity index (χ4n) is 4.30. The summed E-state index contributed by atoms with van der Waals surface area (Å²) in [6.45, 7) is 2.51. The monoisotopic (exact) mass is 429 g/mol. The maximum Gasteiger partial charge on any atom is 0.240 e. The highest BCUT2D eigenvalue weighted by molar-refractivity contribution is 6.31. The first kappa shape index (κ1) is 20.4. The van der Waals surface area contributed by atoms with Crippen LogP contribution in [-0.4, -0.2) is 43.0 Å². The smallest absolute Gasteiger partial charge is 0.240 e. The van der Waals surface area contributed by atoms with Crippen LogP contribution in [0.25, 0.3) is 5.57 Å². The third kappa shape index (κ3) is 4.51. The van der Waals surface area contributed by atoms with Crippen molar-refractivity contribution in [1.82, 2.24) is 10.2 Å². The molecule has 152 valence electrons. The van der Waals surface area contributed by atoms with E-state index in [0.717, 1.165) is 30.0 Å². The minimum absolute atomic E-state index is 0.133. The van der Waals surface area contributed by atoms with Gasteiger partial charge in [-0.25, -0.2) is 0 Å². The second-order valence-electron chi connectivity index (χ2n) is 7.70. The van der Waals surface area contributed by atoms with Crippen molar-refractivity contribution in [2.75, 3.05) is 26.2 Å². The summed E-state index contributed by atoms with van der Waals surface area (Å²) in [6, 6.07) is 13.5. The van der Waals surface area contributed by atoms with Gasteiger partial charge in [-0.3, -0.25) is 4.79 Å². The minimum atomic E-state index is -0.292. The molecule has 2 aliphatic rings. The molecular formula is C23H25Cl2N3O. The highest BCUT2D eigenvalue weighted by Crippen LogP contribution is 2.39. The number of carbonyl (C=O) groups is 1. The number of halogens is 2. The molecule has 1 atom stereocenters. The maximum atomic E-state index is 13.3. The van der Waals surface area contributed by atoms with E-state index >= 15 is 0 Å². The standard InChI is InChI=1S/C23H25Cl2N3O/c24-18-4-1-15(2-5-18)11-22(27-9-8-26)23(29)28-10-7-20-17(14-28)12-16-3-6-19(25)13-21(16)20/h1-6,13,22,27H,7-12,14,26H2. The molecule has 1 heterocycles. The zero-order chi connectivity index (χ0) is 20.4. The molecule has 0 saturated heterocycles. The average Bonchev–Trinajstić information content (AvgIpc) is 3.09. The van der Waals surface area contributed by atoms with Crippen molar-refractivity contribution in [2.24, 2.45) is 5.73 Å². The van der Waals surface area contributed by atoms with Gasteiger partial charge in [0.1, 0.15) is 0 Å². The highest BCUT2D eigenvalue weighted by atomic mass is 35.5. The Morgan fingerprint density at radius 1 is 1.14 bits per heavy atom. The van der Waals surface area contributed by atoms with E-state index in [9.17, 15) is 4.79 Å². The van der Waals surface area contributed by atoms with Gasteiger partial charge in [0.25, 0.3) is 0 Å². The molecule has 2 aromatic rings. The number of amides is 1. The van der Waals surface area contributed by atoms with Crippen LogP contribution in [0.4, 0.5) is 0 Å². The van der Waals surface area contributed by atoms with Gasteiger partial charge in [0.2, 0.25) is 5.91 Å². The van der Waals surface area contributed by atoms with Crippen LogP contribution in [0.5, 0.6) is 0 Å². The Morgan fingerprint density at radius 2 is 1.90 bits per heavy atom. The van der Waals surface area contributed by atoms with Crippen molar-refractivity contribution in [3.8, 4) is 0 Å². The molecule has 0 spiro atoms. The number of hydrogen-bond donors (Lipinski definition) is 2. The lowest BCUT2D eigenvalue weighted by molar-refractivity contribution is -0.133. The van der Waals surface area contributed by atoms with Gasteiger partial charge in [-0.2, -0.15) is 0 Å². The Balaban J connectivity index is 1.48. The number of nitrogens with two attached hydrogens (primary N) is 1. The summed E-state index contributed by atoms with van der Waals surface area (Å²) in [4.78, 5) is 15.3. The molecule has 1 aliphatic heterocycles. The molecular weight excluding hydrogens is 405 g/mol. The number of carbonyl (C=O) groups excluding carboxylic acids is 1. The molecule has 4 nitrogen and oxygen atoms in total. The van der Waals surface area contributed by atoms with Gasteiger partial charge < -0.3 is 16.0 Å². The Morgan fingerprint density at radius 3 is 2.66 bits per heavy atom. The molecule has 1 aliphatic carbocycles. The van der Waals surface area contributed by atoms with E-state index in [1.165, 1.54) is 22.3 Å². The second kappa shape index (κ2) is 8.88. The third-order valence-electron chi connectivity index (χ3n) is 5.74. The van der Waals surface area contributed by atoms with Crippen LogP contribution in [0, 0.1) is 0 Å². The summed E-state index contributed by atoms with van der Waals surface area (Å²) in [6.07, 6.45) is 2.40. The second-order valence-corrected chi connectivity index (χ2v) is 8.57. The van der Waals surface area contributed by atoms with E-state index in [-0.39, 0.29) is 11.9 Å². The molecule has 3 N–H and O–H groups in total. The normalized spacial score (nSPS) is 16.6. The first-order valence-corrected chi connectivity index (χ1v) is 10.8. The van der Waals surface area contributed by atoms with E-state index in [4.69, 9.17) is 28.9 Å². The van der Waals surface area contributed by atoms with Crippen molar-refractivity contribution < 1.29 is 4.79 Å². The SMILES string of the molecule is NCCNC(Cc1ccc(Cl)cc1)C(=O)N1CCC2=C(Cc3ccc(Cl)cc32)C1. The summed E-state index contributed by atoms with van der Waals surface area (Å²) >= 11 is 12.2. The highest BCUT2D eigenvalue weighted by Gasteiger charge is 2.32. The fourth-order valence-corrected chi connectivity index (χ4v) is 4.60. The van der Waals surface area contributed by atoms with Gasteiger partial charge in [0.05, 0.1) is 6.04 Å². The zero-order valence-corrected chi connectivity index (χ0v) is 17.8. The van der Waals surface area contributed by atoms with Crippen molar-refractivity contribution in [1.29, 1.82) is 0 Å². The zero-order valence-electron chi connectivity index (χ0n) is 16.3. The van der Waals surface area contributed by atoms with E-state index in [1.54, 1.807) is 0 Å². The van der Waals surface area contributed by atoms with Gasteiger partial charge in [0.15, 0.2) is 0 Å². The Bertz CT molecular complexity index is 940. The molecule has 29 heavy (non-hydrogen) atoms. The van der Waals surface area contributed by atoms with Crippen LogP contribution in [0.15, 0.2) is 48.0 Å². The molecule has 1 unspecified atom stereocenters. The Hall–Kier alpha value is -1.85. The summed E-state index contributed by atoms with van der Waals surface area (Å²) in [5, 5.41) is 4.80. The summed E-state index contributed by atoms with van der Waals surface area (Å²) < 4.78 is 0. The van der Waals surface area contributed by atoms with Crippen molar-refractivity contribution in [3.05, 3.63) is 74.8 Å². The van der Waals surface area contributed by atoms with E-state index in [2.05, 4.69) is 17.4 Å². The van der Waals surface area contributed by atoms with E-state index in [0.29, 0.717) is 31.1 Å². The molecule has 0 radical (unpaired) electrons. The molecule has 0 aromatic heterocycles. The summed E-state index contributed by atoms with van der Waals surface area (Å²) in [5.74, 6) is 0.133. The maximum absolute atomic E-state index is 13.3. The Labute approximate surface area is 181 Å². The molecule has 4 rings (SSSR count). The molecule has 0 saturated carbocycles. The lowest BCUT2D eigenvalue weighted by Crippen LogP contribution is -2.50. The van der Waals surface area contributed by atoms with Gasteiger partial charge >= 0.3 is 0 Å². The molecule has 1 amide bonds. The topological polar surface area (TPSA) is 58.4 Å². The number of hydrogen-bond acceptors (Lipinski definition) is 3. The molecule has 2 aromatic carbocycles. The van der Waals surface area contributed by atoms with Gasteiger partial charge in [-0.1, -0.05) is 41.4 Å². The lowest BCUT2D eigenvalue weighted by atomic mass is 9.97. The van der Waals surface area contributed by atoms with Crippen molar-refractivity contribution in [3.63, 3.8) is 0 Å². The van der Waals surface area contributed by atoms with E-state index < -0.39 is 0 Å². The predicted molar refractivity (Wildman–Crippen MR) is 119 cm³/mol. The largest absolute Gasteiger partial charge is 0.337 e. The fraction of sp³-hybridized carbons (Fsp3) is 0.348.